The van der Waals surface area contributed by atoms with E-state index in [0.717, 1.165) is 13.1 Å². The molecular formula is C14H27N3O. The first-order valence-corrected chi connectivity index (χ1v) is 7.42. The van der Waals surface area contributed by atoms with Crippen molar-refractivity contribution in [2.45, 2.75) is 44.6 Å². The zero-order chi connectivity index (χ0) is 12.8. The van der Waals surface area contributed by atoms with Crippen LogP contribution in [-0.2, 0) is 4.79 Å². The highest BCUT2D eigenvalue weighted by Gasteiger charge is 2.18. The summed E-state index contributed by atoms with van der Waals surface area (Å²) >= 11 is 0. The molecule has 4 heteroatoms. The molecule has 0 aromatic heterocycles. The van der Waals surface area contributed by atoms with Crippen LogP contribution in [0.3, 0.4) is 0 Å². The number of nitrogens with zero attached hydrogens (tertiary/aromatic N) is 1. The minimum atomic E-state index is 0.162. The molecule has 1 atom stereocenters. The summed E-state index contributed by atoms with van der Waals surface area (Å²) in [6.07, 6.45) is 7.61. The van der Waals surface area contributed by atoms with E-state index in [1.807, 2.05) is 0 Å². The summed E-state index contributed by atoms with van der Waals surface area (Å²) in [5, 5.41) is 6.42. The largest absolute Gasteiger partial charge is 0.355 e. The number of carbonyl (C=O) groups is 1. The number of amides is 1. The van der Waals surface area contributed by atoms with Crippen molar-refractivity contribution in [3.05, 3.63) is 0 Å². The number of piperidine rings is 1. The average molecular weight is 253 g/mol. The highest BCUT2D eigenvalue weighted by Crippen LogP contribution is 2.17. The molecule has 1 unspecified atom stereocenters. The van der Waals surface area contributed by atoms with Gasteiger partial charge >= 0.3 is 0 Å². The van der Waals surface area contributed by atoms with Gasteiger partial charge < -0.3 is 15.5 Å². The van der Waals surface area contributed by atoms with Crippen molar-refractivity contribution in [2.75, 3.05) is 33.2 Å². The molecule has 0 radical (unpaired) electrons. The number of rotatable bonds is 5. The van der Waals surface area contributed by atoms with Gasteiger partial charge in [0, 0.05) is 19.1 Å². The van der Waals surface area contributed by atoms with E-state index in [2.05, 4.69) is 22.6 Å². The Morgan fingerprint density at radius 2 is 2.00 bits per heavy atom. The Kier molecular flexibility index (Phi) is 5.45. The summed E-state index contributed by atoms with van der Waals surface area (Å²) in [6.45, 7) is 3.66. The Morgan fingerprint density at radius 1 is 1.22 bits per heavy atom. The van der Waals surface area contributed by atoms with Crippen molar-refractivity contribution >= 4 is 5.91 Å². The Bertz CT molecular complexity index is 264. The smallest absolute Gasteiger partial charge is 0.233 e. The molecule has 2 fully saturated rings. The topological polar surface area (TPSA) is 44.4 Å². The van der Waals surface area contributed by atoms with Gasteiger partial charge in [-0.15, -0.1) is 0 Å². The van der Waals surface area contributed by atoms with E-state index < -0.39 is 0 Å². The zero-order valence-electron chi connectivity index (χ0n) is 11.6. The fourth-order valence-corrected chi connectivity index (χ4v) is 3.13. The number of hydrogen-bond donors (Lipinski definition) is 2. The molecule has 18 heavy (non-hydrogen) atoms. The molecule has 1 heterocycles. The van der Waals surface area contributed by atoms with Crippen LogP contribution in [0.1, 0.15) is 38.5 Å². The number of nitrogens with one attached hydrogen (secondary N) is 2. The van der Waals surface area contributed by atoms with Gasteiger partial charge in [-0.25, -0.2) is 0 Å². The van der Waals surface area contributed by atoms with Crippen LogP contribution in [0.15, 0.2) is 0 Å². The van der Waals surface area contributed by atoms with Crippen LogP contribution in [0.2, 0.25) is 0 Å². The van der Waals surface area contributed by atoms with Crippen LogP contribution in [0.5, 0.6) is 0 Å². The average Bonchev–Trinajstić information content (AvgIpc) is 2.87. The van der Waals surface area contributed by atoms with Gasteiger partial charge in [0.15, 0.2) is 0 Å². The van der Waals surface area contributed by atoms with Gasteiger partial charge in [0.25, 0.3) is 0 Å². The fraction of sp³-hybridized carbons (Fsp3) is 0.929. The highest BCUT2D eigenvalue weighted by molar-refractivity contribution is 5.78. The van der Waals surface area contributed by atoms with Gasteiger partial charge in [-0.2, -0.15) is 0 Å². The minimum absolute atomic E-state index is 0.162. The maximum atomic E-state index is 11.7. The van der Waals surface area contributed by atoms with Crippen molar-refractivity contribution in [1.82, 2.24) is 15.5 Å². The van der Waals surface area contributed by atoms with E-state index in [4.69, 9.17) is 0 Å². The molecule has 4 nitrogen and oxygen atoms in total. The molecule has 0 aromatic carbocycles. The van der Waals surface area contributed by atoms with E-state index >= 15 is 0 Å². The van der Waals surface area contributed by atoms with Crippen molar-refractivity contribution < 1.29 is 4.79 Å². The van der Waals surface area contributed by atoms with Crippen molar-refractivity contribution in [3.63, 3.8) is 0 Å². The Balaban J connectivity index is 1.56. The van der Waals surface area contributed by atoms with Crippen LogP contribution in [0.4, 0.5) is 0 Å². The summed E-state index contributed by atoms with van der Waals surface area (Å²) in [5.41, 5.74) is 0. The SMILES string of the molecule is CN1CCCC(CNC(=O)CNC2CCCC2)C1. The lowest BCUT2D eigenvalue weighted by atomic mass is 9.98. The van der Waals surface area contributed by atoms with Crippen LogP contribution >= 0.6 is 0 Å². The molecule has 104 valence electrons. The lowest BCUT2D eigenvalue weighted by molar-refractivity contribution is -0.120. The molecule has 1 amide bonds. The van der Waals surface area contributed by atoms with Crippen LogP contribution in [0.25, 0.3) is 0 Å². The Labute approximate surface area is 110 Å². The van der Waals surface area contributed by atoms with E-state index in [1.54, 1.807) is 0 Å². The van der Waals surface area contributed by atoms with Gasteiger partial charge in [0.1, 0.15) is 0 Å². The predicted molar refractivity (Wildman–Crippen MR) is 73.5 cm³/mol. The summed E-state index contributed by atoms with van der Waals surface area (Å²) in [6, 6.07) is 0.580. The van der Waals surface area contributed by atoms with E-state index in [9.17, 15) is 4.79 Å². The predicted octanol–water partition coefficient (Wildman–Crippen LogP) is 0.977. The monoisotopic (exact) mass is 253 g/mol. The molecule has 0 bridgehead atoms. The summed E-state index contributed by atoms with van der Waals surface area (Å²) < 4.78 is 0. The molecule has 1 saturated carbocycles. The van der Waals surface area contributed by atoms with Crippen molar-refractivity contribution in [1.29, 1.82) is 0 Å². The summed E-state index contributed by atoms with van der Waals surface area (Å²) in [4.78, 5) is 14.1. The highest BCUT2D eigenvalue weighted by atomic mass is 16.1. The number of carbonyl (C=O) groups excluding carboxylic acids is 1. The number of likely N-dealkylation sites (tertiary alicyclic amines) is 1. The van der Waals surface area contributed by atoms with Crippen LogP contribution in [-0.4, -0.2) is 50.1 Å². The third kappa shape index (κ3) is 4.58. The summed E-state index contributed by atoms with van der Waals surface area (Å²) in [5.74, 6) is 0.800. The lowest BCUT2D eigenvalue weighted by Crippen LogP contribution is -2.43. The van der Waals surface area contributed by atoms with Gasteiger partial charge in [-0.05, 0) is 45.2 Å². The standard InChI is InChI=1S/C14H27N3O/c1-17-8-4-5-12(11-17)9-16-14(18)10-15-13-6-2-3-7-13/h12-13,15H,2-11H2,1H3,(H,16,18). The molecule has 1 saturated heterocycles. The normalized spacial score (nSPS) is 26.4. The maximum Gasteiger partial charge on any atom is 0.233 e. The van der Waals surface area contributed by atoms with Crippen LogP contribution in [0, 0.1) is 5.92 Å². The fourth-order valence-electron chi connectivity index (χ4n) is 3.13. The second-order valence-corrected chi connectivity index (χ2v) is 5.94. The van der Waals surface area contributed by atoms with Crippen LogP contribution < -0.4 is 10.6 Å². The van der Waals surface area contributed by atoms with Gasteiger partial charge in [0.05, 0.1) is 6.54 Å². The zero-order valence-corrected chi connectivity index (χ0v) is 11.6. The second kappa shape index (κ2) is 7.10. The second-order valence-electron chi connectivity index (χ2n) is 5.94. The molecule has 1 aliphatic heterocycles. The van der Waals surface area contributed by atoms with E-state index in [0.29, 0.717) is 18.5 Å². The molecule has 1 aliphatic carbocycles. The Morgan fingerprint density at radius 3 is 2.72 bits per heavy atom. The van der Waals surface area contributed by atoms with E-state index in [-0.39, 0.29) is 5.91 Å². The molecule has 0 spiro atoms. The van der Waals surface area contributed by atoms with E-state index in [1.165, 1.54) is 45.1 Å². The first-order chi connectivity index (χ1) is 8.74. The van der Waals surface area contributed by atoms with Crippen molar-refractivity contribution in [2.24, 2.45) is 5.92 Å². The quantitative estimate of drug-likeness (QED) is 0.767. The first-order valence-electron chi connectivity index (χ1n) is 7.42. The molecule has 2 aliphatic rings. The molecule has 2 rings (SSSR count). The van der Waals surface area contributed by atoms with Gasteiger partial charge in [-0.1, -0.05) is 12.8 Å². The third-order valence-electron chi connectivity index (χ3n) is 4.22. The summed E-state index contributed by atoms with van der Waals surface area (Å²) in [7, 11) is 2.16. The van der Waals surface area contributed by atoms with Gasteiger partial charge in [-0.3, -0.25) is 4.79 Å². The van der Waals surface area contributed by atoms with Gasteiger partial charge in [0.2, 0.25) is 5.91 Å². The minimum Gasteiger partial charge on any atom is -0.355 e. The molecular weight excluding hydrogens is 226 g/mol. The first kappa shape index (κ1) is 13.8. The third-order valence-corrected chi connectivity index (χ3v) is 4.22. The molecule has 2 N–H and O–H groups in total. The van der Waals surface area contributed by atoms with Crippen molar-refractivity contribution in [3.8, 4) is 0 Å². The molecule has 0 aromatic rings. The lowest BCUT2D eigenvalue weighted by Gasteiger charge is -2.29. The Hall–Kier alpha value is -0.610. The maximum absolute atomic E-state index is 11.7. The number of hydrogen-bond acceptors (Lipinski definition) is 3.